The van der Waals surface area contributed by atoms with E-state index in [9.17, 15) is 13.6 Å². The fourth-order valence-electron chi connectivity index (χ4n) is 1.93. The van der Waals surface area contributed by atoms with Crippen LogP contribution in [0.4, 0.5) is 14.5 Å². The van der Waals surface area contributed by atoms with Crippen LogP contribution in [-0.2, 0) is 0 Å². The van der Waals surface area contributed by atoms with Gasteiger partial charge in [0.05, 0.1) is 17.6 Å². The summed E-state index contributed by atoms with van der Waals surface area (Å²) in [7, 11) is 0. The Bertz CT molecular complexity index is 856. The molecule has 1 N–H and O–H groups in total. The summed E-state index contributed by atoms with van der Waals surface area (Å²) in [4.78, 5) is 23.9. The van der Waals surface area contributed by atoms with Crippen molar-refractivity contribution in [1.29, 1.82) is 0 Å². The fourth-order valence-corrected chi connectivity index (χ4v) is 1.93. The van der Waals surface area contributed by atoms with Crippen LogP contribution in [0.2, 0.25) is 0 Å². The first-order chi connectivity index (χ1) is 11.1. The summed E-state index contributed by atoms with van der Waals surface area (Å²) in [5.41, 5.74) is 1.28. The molecule has 0 unspecified atom stereocenters. The van der Waals surface area contributed by atoms with E-state index in [1.165, 1.54) is 24.7 Å². The molecule has 3 aromatic rings. The molecule has 0 atom stereocenters. The number of hydrogen-bond acceptors (Lipinski definition) is 4. The zero-order chi connectivity index (χ0) is 16.2. The van der Waals surface area contributed by atoms with E-state index in [4.69, 9.17) is 0 Å². The van der Waals surface area contributed by atoms with Crippen LogP contribution >= 0.6 is 0 Å². The highest BCUT2D eigenvalue weighted by Crippen LogP contribution is 2.20. The first-order valence-electron chi connectivity index (χ1n) is 6.62. The van der Waals surface area contributed by atoms with E-state index in [1.807, 2.05) is 0 Å². The third-order valence-electron chi connectivity index (χ3n) is 3.03. The summed E-state index contributed by atoms with van der Waals surface area (Å²) in [5.74, 6) is -2.39. The van der Waals surface area contributed by atoms with Gasteiger partial charge in [-0.05, 0) is 36.4 Å². The third-order valence-corrected chi connectivity index (χ3v) is 3.03. The van der Waals surface area contributed by atoms with E-state index in [0.717, 1.165) is 12.1 Å². The lowest BCUT2D eigenvalue weighted by Crippen LogP contribution is -2.14. The lowest BCUT2D eigenvalue weighted by molar-refractivity contribution is 0.102. The van der Waals surface area contributed by atoms with Crippen molar-refractivity contribution in [3.63, 3.8) is 0 Å². The van der Waals surface area contributed by atoms with Crippen LogP contribution < -0.4 is 5.32 Å². The zero-order valence-electron chi connectivity index (χ0n) is 11.7. The number of hydrogen-bond donors (Lipinski definition) is 1. The first kappa shape index (κ1) is 14.7. The molecule has 3 rings (SSSR count). The average molecular weight is 312 g/mol. The molecule has 1 amide bonds. The second-order valence-corrected chi connectivity index (χ2v) is 4.61. The van der Waals surface area contributed by atoms with E-state index >= 15 is 0 Å². The van der Waals surface area contributed by atoms with Gasteiger partial charge in [0.25, 0.3) is 5.91 Å². The highest BCUT2D eigenvalue weighted by Gasteiger charge is 2.11. The van der Waals surface area contributed by atoms with Gasteiger partial charge in [-0.1, -0.05) is 0 Å². The number of halogens is 2. The number of nitrogens with one attached hydrogen (secondary N) is 1. The van der Waals surface area contributed by atoms with E-state index in [1.54, 1.807) is 18.3 Å². The van der Waals surface area contributed by atoms with Gasteiger partial charge < -0.3 is 5.32 Å². The molecular weight excluding hydrogens is 302 g/mol. The number of anilines is 1. The smallest absolute Gasteiger partial charge is 0.274 e. The van der Waals surface area contributed by atoms with Crippen LogP contribution in [0.25, 0.3) is 11.3 Å². The molecule has 5 nitrogen and oxygen atoms in total. The Kier molecular flexibility index (Phi) is 4.01. The van der Waals surface area contributed by atoms with Gasteiger partial charge in [0.15, 0.2) is 11.6 Å². The number of amides is 1. The molecule has 0 fully saturated rings. The molecule has 2 heterocycles. The third kappa shape index (κ3) is 3.34. The molecule has 0 aliphatic carbocycles. The average Bonchev–Trinajstić information content (AvgIpc) is 2.58. The lowest BCUT2D eigenvalue weighted by Gasteiger charge is -2.06. The van der Waals surface area contributed by atoms with Crippen LogP contribution in [0.3, 0.4) is 0 Å². The van der Waals surface area contributed by atoms with Crippen LogP contribution in [0.5, 0.6) is 0 Å². The molecule has 0 aliphatic rings. The van der Waals surface area contributed by atoms with Crippen molar-refractivity contribution in [3.05, 3.63) is 72.4 Å². The van der Waals surface area contributed by atoms with Crippen LogP contribution in [0, 0.1) is 11.6 Å². The van der Waals surface area contributed by atoms with Gasteiger partial charge in [0.2, 0.25) is 0 Å². The van der Waals surface area contributed by atoms with Gasteiger partial charge in [0.1, 0.15) is 12.0 Å². The predicted molar refractivity (Wildman–Crippen MR) is 79.6 cm³/mol. The van der Waals surface area contributed by atoms with Gasteiger partial charge in [-0.2, -0.15) is 0 Å². The van der Waals surface area contributed by atoms with E-state index in [-0.39, 0.29) is 5.69 Å². The maximum atomic E-state index is 13.3. The molecule has 114 valence electrons. The molecule has 0 saturated heterocycles. The van der Waals surface area contributed by atoms with E-state index in [2.05, 4.69) is 20.3 Å². The summed E-state index contributed by atoms with van der Waals surface area (Å²) in [6.07, 6.45) is 4.27. The Balaban J connectivity index is 1.87. The number of nitrogens with zero attached hydrogens (tertiary/aromatic N) is 3. The standard InChI is InChI=1S/C16H10F2N4O/c17-12-4-3-10(6-13(12)18)14-7-15(21-9-20-14)16(23)22-11-2-1-5-19-8-11/h1-9H,(H,22,23). The van der Waals surface area contributed by atoms with Crippen LogP contribution in [-0.4, -0.2) is 20.9 Å². The van der Waals surface area contributed by atoms with Crippen molar-refractivity contribution in [1.82, 2.24) is 15.0 Å². The molecule has 0 aliphatic heterocycles. The molecule has 0 radical (unpaired) electrons. The number of aromatic nitrogens is 3. The normalized spacial score (nSPS) is 10.3. The maximum absolute atomic E-state index is 13.3. The highest BCUT2D eigenvalue weighted by molar-refractivity contribution is 6.03. The van der Waals surface area contributed by atoms with Crippen molar-refractivity contribution in [2.24, 2.45) is 0 Å². The van der Waals surface area contributed by atoms with Gasteiger partial charge >= 0.3 is 0 Å². The molecule has 7 heteroatoms. The topological polar surface area (TPSA) is 67.8 Å². The van der Waals surface area contributed by atoms with Gasteiger partial charge in [-0.3, -0.25) is 9.78 Å². The maximum Gasteiger partial charge on any atom is 0.274 e. The zero-order valence-corrected chi connectivity index (χ0v) is 11.7. The number of benzene rings is 1. The second kappa shape index (κ2) is 6.27. The van der Waals surface area contributed by atoms with Crippen molar-refractivity contribution in [3.8, 4) is 11.3 Å². The predicted octanol–water partition coefficient (Wildman–Crippen LogP) is 3.07. The monoisotopic (exact) mass is 312 g/mol. The van der Waals surface area contributed by atoms with E-state index in [0.29, 0.717) is 16.9 Å². The van der Waals surface area contributed by atoms with Crippen molar-refractivity contribution < 1.29 is 13.6 Å². The number of carbonyl (C=O) groups is 1. The molecule has 1 aromatic carbocycles. The molecule has 23 heavy (non-hydrogen) atoms. The lowest BCUT2D eigenvalue weighted by atomic mass is 10.1. The number of rotatable bonds is 3. The molecule has 0 saturated carbocycles. The summed E-state index contributed by atoms with van der Waals surface area (Å²) < 4.78 is 26.3. The minimum Gasteiger partial charge on any atom is -0.319 e. The number of carbonyl (C=O) groups excluding carboxylic acids is 1. The summed E-state index contributed by atoms with van der Waals surface area (Å²) >= 11 is 0. The SMILES string of the molecule is O=C(Nc1cccnc1)c1cc(-c2ccc(F)c(F)c2)ncn1. The van der Waals surface area contributed by atoms with E-state index < -0.39 is 17.5 Å². The second-order valence-electron chi connectivity index (χ2n) is 4.61. The van der Waals surface area contributed by atoms with Crippen LogP contribution in [0.1, 0.15) is 10.5 Å². The first-order valence-corrected chi connectivity index (χ1v) is 6.62. The van der Waals surface area contributed by atoms with Crippen molar-refractivity contribution in [2.45, 2.75) is 0 Å². The Morgan fingerprint density at radius 3 is 2.65 bits per heavy atom. The Morgan fingerprint density at radius 2 is 1.91 bits per heavy atom. The largest absolute Gasteiger partial charge is 0.319 e. The quantitative estimate of drug-likeness (QED) is 0.807. The van der Waals surface area contributed by atoms with Crippen LogP contribution in [0.15, 0.2) is 55.1 Å². The summed E-state index contributed by atoms with van der Waals surface area (Å²) in [5, 5.41) is 2.63. The van der Waals surface area contributed by atoms with Crippen molar-refractivity contribution >= 4 is 11.6 Å². The minimum absolute atomic E-state index is 0.101. The molecule has 0 bridgehead atoms. The fraction of sp³-hybridized carbons (Fsp3) is 0. The van der Waals surface area contributed by atoms with Gasteiger partial charge in [-0.25, -0.2) is 18.7 Å². The minimum atomic E-state index is -0.984. The summed E-state index contributed by atoms with van der Waals surface area (Å²) in [6.45, 7) is 0. The molecule has 0 spiro atoms. The Labute approximate surface area is 130 Å². The molecular formula is C16H10F2N4O. The Morgan fingerprint density at radius 1 is 1.04 bits per heavy atom. The van der Waals surface area contributed by atoms with Gasteiger partial charge in [-0.15, -0.1) is 0 Å². The highest BCUT2D eigenvalue weighted by atomic mass is 19.2. The number of pyridine rings is 1. The Hall–Kier alpha value is -3.22. The summed E-state index contributed by atoms with van der Waals surface area (Å²) in [6, 6.07) is 8.16. The van der Waals surface area contributed by atoms with Crippen molar-refractivity contribution in [2.75, 3.05) is 5.32 Å². The van der Waals surface area contributed by atoms with Gasteiger partial charge in [0, 0.05) is 11.8 Å². The molecule has 2 aromatic heterocycles.